The number of amides is 1. The number of esters is 1. The molecule has 0 bridgehead atoms. The van der Waals surface area contributed by atoms with E-state index in [-0.39, 0.29) is 30.9 Å². The van der Waals surface area contributed by atoms with E-state index in [9.17, 15) is 14.4 Å². The Labute approximate surface area is 157 Å². The number of rotatable bonds is 9. The van der Waals surface area contributed by atoms with Gasteiger partial charge in [-0.25, -0.2) is 4.98 Å². The lowest BCUT2D eigenvalue weighted by atomic mass is 10.2. The molecular formula is C20H23N3O4. The number of aryl methyl sites for hydroxylation is 1. The molecule has 0 saturated carbocycles. The maximum Gasteiger partial charge on any atom is 0.306 e. The first-order valence-corrected chi connectivity index (χ1v) is 8.57. The molecule has 7 heteroatoms. The molecule has 0 spiro atoms. The van der Waals surface area contributed by atoms with Gasteiger partial charge in [0.05, 0.1) is 17.3 Å². The van der Waals surface area contributed by atoms with Crippen molar-refractivity contribution in [2.24, 2.45) is 7.05 Å². The van der Waals surface area contributed by atoms with Crippen molar-refractivity contribution in [2.45, 2.75) is 12.8 Å². The third-order valence-electron chi connectivity index (χ3n) is 4.04. The Morgan fingerprint density at radius 3 is 2.56 bits per heavy atom. The smallest absolute Gasteiger partial charge is 0.306 e. The van der Waals surface area contributed by atoms with Gasteiger partial charge in [-0.15, -0.1) is 13.2 Å². The molecule has 1 amide bonds. The number of hydrogen-bond acceptors (Lipinski definition) is 5. The molecule has 0 saturated heterocycles. The summed E-state index contributed by atoms with van der Waals surface area (Å²) in [4.78, 5) is 42.3. The van der Waals surface area contributed by atoms with E-state index in [0.717, 1.165) is 0 Å². The number of aromatic nitrogens is 2. The van der Waals surface area contributed by atoms with E-state index >= 15 is 0 Å². The van der Waals surface area contributed by atoms with Crippen LogP contribution in [-0.4, -0.2) is 46.0 Å². The summed E-state index contributed by atoms with van der Waals surface area (Å²) in [6, 6.07) is 7.05. The van der Waals surface area contributed by atoms with Crippen molar-refractivity contribution in [2.75, 3.05) is 19.7 Å². The molecule has 0 fully saturated rings. The number of carbonyl (C=O) groups excluding carboxylic acids is 2. The number of para-hydroxylation sites is 1. The molecule has 7 nitrogen and oxygen atoms in total. The van der Waals surface area contributed by atoms with Gasteiger partial charge in [-0.2, -0.15) is 0 Å². The molecule has 1 aromatic carbocycles. The summed E-state index contributed by atoms with van der Waals surface area (Å²) in [5.41, 5.74) is 0.423. The van der Waals surface area contributed by atoms with Crippen LogP contribution in [-0.2, 0) is 27.8 Å². The van der Waals surface area contributed by atoms with Gasteiger partial charge >= 0.3 is 5.97 Å². The molecule has 27 heavy (non-hydrogen) atoms. The summed E-state index contributed by atoms with van der Waals surface area (Å²) in [7, 11) is 1.62. The number of nitrogens with zero attached hydrogens (tertiary/aromatic N) is 3. The van der Waals surface area contributed by atoms with Crippen molar-refractivity contribution in [3.8, 4) is 0 Å². The fraction of sp³-hybridized carbons (Fsp3) is 0.300. The predicted molar refractivity (Wildman–Crippen MR) is 103 cm³/mol. The minimum Gasteiger partial charge on any atom is -0.456 e. The fourth-order valence-corrected chi connectivity index (χ4v) is 2.60. The summed E-state index contributed by atoms with van der Waals surface area (Å²) >= 11 is 0. The van der Waals surface area contributed by atoms with Crippen molar-refractivity contribution in [1.82, 2.24) is 14.5 Å². The van der Waals surface area contributed by atoms with Crippen LogP contribution in [0.3, 0.4) is 0 Å². The predicted octanol–water partition coefficient (Wildman–Crippen LogP) is 1.61. The Morgan fingerprint density at radius 2 is 1.89 bits per heavy atom. The zero-order valence-electron chi connectivity index (χ0n) is 15.4. The van der Waals surface area contributed by atoms with E-state index in [2.05, 4.69) is 18.1 Å². The maximum absolute atomic E-state index is 12.3. The fourth-order valence-electron chi connectivity index (χ4n) is 2.60. The van der Waals surface area contributed by atoms with Crippen molar-refractivity contribution >= 4 is 22.8 Å². The lowest BCUT2D eigenvalue weighted by Gasteiger charge is -2.18. The van der Waals surface area contributed by atoms with Crippen molar-refractivity contribution in [1.29, 1.82) is 0 Å². The number of hydrogen-bond donors (Lipinski definition) is 0. The van der Waals surface area contributed by atoms with E-state index in [0.29, 0.717) is 29.8 Å². The second-order valence-electron chi connectivity index (χ2n) is 5.95. The Morgan fingerprint density at radius 1 is 1.22 bits per heavy atom. The molecule has 0 aliphatic rings. The van der Waals surface area contributed by atoms with Crippen LogP contribution in [0.15, 0.2) is 54.4 Å². The molecule has 1 heterocycles. The van der Waals surface area contributed by atoms with Gasteiger partial charge in [0, 0.05) is 26.6 Å². The standard InChI is InChI=1S/C20H23N3O4/c1-4-12-23(13-5-2)18(24)14-27-19(25)11-10-17-21-16-9-7-6-8-15(16)20(26)22(17)3/h4-9H,1-2,10-14H2,3H3. The zero-order chi connectivity index (χ0) is 19.8. The van der Waals surface area contributed by atoms with Gasteiger partial charge in [-0.1, -0.05) is 24.3 Å². The number of fused-ring (bicyclic) bond motifs is 1. The first-order chi connectivity index (χ1) is 13.0. The van der Waals surface area contributed by atoms with Crippen molar-refractivity contribution in [3.05, 3.63) is 65.8 Å². The minimum absolute atomic E-state index is 0.0226. The van der Waals surface area contributed by atoms with Crippen LogP contribution in [0, 0.1) is 0 Å². The number of ether oxygens (including phenoxy) is 1. The van der Waals surface area contributed by atoms with Crippen molar-refractivity contribution < 1.29 is 14.3 Å². The third kappa shape index (κ3) is 5.13. The second-order valence-corrected chi connectivity index (χ2v) is 5.95. The third-order valence-corrected chi connectivity index (χ3v) is 4.04. The van der Waals surface area contributed by atoms with Gasteiger partial charge in [0.2, 0.25) is 0 Å². The topological polar surface area (TPSA) is 81.5 Å². The van der Waals surface area contributed by atoms with E-state index < -0.39 is 5.97 Å². The summed E-state index contributed by atoms with van der Waals surface area (Å²) in [5, 5.41) is 0.529. The van der Waals surface area contributed by atoms with E-state index in [1.165, 1.54) is 9.47 Å². The highest BCUT2D eigenvalue weighted by Gasteiger charge is 2.15. The average molecular weight is 369 g/mol. The monoisotopic (exact) mass is 369 g/mol. The lowest BCUT2D eigenvalue weighted by Crippen LogP contribution is -2.35. The van der Waals surface area contributed by atoms with Crippen LogP contribution >= 0.6 is 0 Å². The molecule has 0 aliphatic carbocycles. The highest BCUT2D eigenvalue weighted by molar-refractivity contribution is 5.81. The van der Waals surface area contributed by atoms with Crippen LogP contribution in [0.4, 0.5) is 0 Å². The summed E-state index contributed by atoms with van der Waals surface area (Å²) < 4.78 is 6.47. The minimum atomic E-state index is -0.525. The quantitative estimate of drug-likeness (QED) is 0.495. The van der Waals surface area contributed by atoms with Crippen LogP contribution < -0.4 is 5.56 Å². The lowest BCUT2D eigenvalue weighted by molar-refractivity contribution is -0.151. The molecular weight excluding hydrogens is 346 g/mol. The maximum atomic E-state index is 12.3. The van der Waals surface area contributed by atoms with Crippen LogP contribution in [0.1, 0.15) is 12.2 Å². The Balaban J connectivity index is 1.96. The Bertz CT molecular complexity index is 907. The van der Waals surface area contributed by atoms with Crippen molar-refractivity contribution in [3.63, 3.8) is 0 Å². The van der Waals surface area contributed by atoms with E-state index in [4.69, 9.17) is 4.74 Å². The molecule has 142 valence electrons. The molecule has 0 aliphatic heterocycles. The summed E-state index contributed by atoms with van der Waals surface area (Å²) in [6.45, 7) is 7.54. The van der Waals surface area contributed by atoms with Crippen LogP contribution in [0.2, 0.25) is 0 Å². The van der Waals surface area contributed by atoms with Gasteiger partial charge in [-0.3, -0.25) is 19.0 Å². The van der Waals surface area contributed by atoms with Crippen LogP contribution in [0.5, 0.6) is 0 Å². The normalized spacial score (nSPS) is 10.4. The van der Waals surface area contributed by atoms with Crippen LogP contribution in [0.25, 0.3) is 10.9 Å². The van der Waals surface area contributed by atoms with Gasteiger partial charge in [0.25, 0.3) is 11.5 Å². The van der Waals surface area contributed by atoms with E-state index in [1.807, 2.05) is 0 Å². The number of carbonyl (C=O) groups is 2. The van der Waals surface area contributed by atoms with Gasteiger partial charge in [0.1, 0.15) is 5.82 Å². The summed E-state index contributed by atoms with van der Waals surface area (Å²) in [5.74, 6) is -0.357. The Kier molecular flexibility index (Phi) is 7.05. The first kappa shape index (κ1) is 20.1. The second kappa shape index (κ2) is 9.47. The molecule has 0 unspecified atom stereocenters. The van der Waals surface area contributed by atoms with Gasteiger partial charge in [-0.05, 0) is 12.1 Å². The zero-order valence-corrected chi connectivity index (χ0v) is 15.4. The molecule has 0 atom stereocenters. The summed E-state index contributed by atoms with van der Waals surface area (Å²) in [6.07, 6.45) is 3.45. The molecule has 0 N–H and O–H groups in total. The average Bonchev–Trinajstić information content (AvgIpc) is 2.67. The number of benzene rings is 1. The molecule has 0 radical (unpaired) electrons. The SMILES string of the molecule is C=CCN(CC=C)C(=O)COC(=O)CCc1nc2ccccc2c(=O)n1C. The highest BCUT2D eigenvalue weighted by atomic mass is 16.5. The molecule has 2 aromatic rings. The first-order valence-electron chi connectivity index (χ1n) is 8.57. The molecule has 2 rings (SSSR count). The largest absolute Gasteiger partial charge is 0.456 e. The highest BCUT2D eigenvalue weighted by Crippen LogP contribution is 2.08. The van der Waals surface area contributed by atoms with E-state index in [1.54, 1.807) is 43.5 Å². The molecule has 1 aromatic heterocycles. The Hall–Kier alpha value is -3.22. The van der Waals surface area contributed by atoms with Gasteiger partial charge in [0.15, 0.2) is 6.61 Å². The van der Waals surface area contributed by atoms with Gasteiger partial charge < -0.3 is 9.64 Å².